The van der Waals surface area contributed by atoms with Crippen molar-refractivity contribution in [3.05, 3.63) is 55.4 Å². The van der Waals surface area contributed by atoms with Crippen molar-refractivity contribution >= 4 is 17.9 Å². The van der Waals surface area contributed by atoms with Gasteiger partial charge in [-0.25, -0.2) is 0 Å². The van der Waals surface area contributed by atoms with Crippen LogP contribution in [0, 0.1) is 29.6 Å². The molecule has 0 aromatic carbocycles. The van der Waals surface area contributed by atoms with E-state index in [1.807, 2.05) is 19.1 Å². The summed E-state index contributed by atoms with van der Waals surface area (Å²) in [7, 11) is 0. The zero-order valence-corrected chi connectivity index (χ0v) is 18.2. The molecule has 2 rings (SSSR count). The van der Waals surface area contributed by atoms with E-state index in [0.29, 0.717) is 28.7 Å². The molecular weight excluding hydrogens is 396 g/mol. The molecule has 8 heteroatoms. The number of amides is 2. The smallest absolute Gasteiger partial charge is 0.271 e. The third-order valence-electron chi connectivity index (χ3n) is 5.41. The number of nitriles is 2. The van der Waals surface area contributed by atoms with Crippen molar-refractivity contribution in [2.45, 2.75) is 47.6 Å². The number of rotatable bonds is 5. The molecule has 2 amide bonds. The fourth-order valence-electron chi connectivity index (χ4n) is 3.63. The highest BCUT2D eigenvalue weighted by Gasteiger charge is 2.35. The molecule has 0 fully saturated rings. The Bertz CT molecular complexity index is 1200. The molecule has 0 saturated carbocycles. The molecule has 0 atom stereocenters. The predicted octanol–water partition coefficient (Wildman–Crippen LogP) is 2.70. The Morgan fingerprint density at radius 1 is 1.03 bits per heavy atom. The Morgan fingerprint density at radius 2 is 1.68 bits per heavy atom. The van der Waals surface area contributed by atoms with Gasteiger partial charge in [-0.3, -0.25) is 23.9 Å². The highest BCUT2D eigenvalue weighted by Crippen LogP contribution is 2.30. The van der Waals surface area contributed by atoms with Crippen LogP contribution in [0.1, 0.15) is 50.8 Å². The lowest BCUT2D eigenvalue weighted by atomic mass is 9.90. The van der Waals surface area contributed by atoms with Gasteiger partial charge in [-0.2, -0.15) is 10.5 Å². The van der Waals surface area contributed by atoms with Gasteiger partial charge in [0.2, 0.25) is 5.88 Å². The Kier molecular flexibility index (Phi) is 6.99. The lowest BCUT2D eigenvalue weighted by Crippen LogP contribution is -2.42. The maximum Gasteiger partial charge on any atom is 0.271 e. The lowest BCUT2D eigenvalue weighted by molar-refractivity contribution is -0.140. The topological polar surface area (TPSA) is 127 Å². The van der Waals surface area contributed by atoms with E-state index in [4.69, 9.17) is 0 Å². The van der Waals surface area contributed by atoms with Gasteiger partial charge in [-0.05, 0) is 56.9 Å². The Labute approximate surface area is 180 Å². The molecular formula is C23H24N4O4. The number of imide groups is 1. The van der Waals surface area contributed by atoms with Crippen LogP contribution in [0.15, 0.2) is 33.2 Å². The van der Waals surface area contributed by atoms with E-state index >= 15 is 0 Å². The minimum atomic E-state index is -0.613. The van der Waals surface area contributed by atoms with Crippen molar-refractivity contribution in [2.24, 2.45) is 0 Å². The van der Waals surface area contributed by atoms with Crippen molar-refractivity contribution in [2.75, 3.05) is 6.54 Å². The first-order valence-electron chi connectivity index (χ1n) is 9.95. The van der Waals surface area contributed by atoms with E-state index in [-0.39, 0.29) is 35.7 Å². The first kappa shape index (κ1) is 23.4. The fourth-order valence-corrected chi connectivity index (χ4v) is 3.63. The molecule has 0 bridgehead atoms. The first-order chi connectivity index (χ1) is 14.7. The van der Waals surface area contributed by atoms with E-state index in [9.17, 15) is 30.0 Å². The molecule has 1 aliphatic rings. The molecule has 0 radical (unpaired) electrons. The van der Waals surface area contributed by atoms with Crippen LogP contribution in [-0.4, -0.2) is 32.9 Å². The molecule has 0 aliphatic carbocycles. The number of hydrogen-bond donors (Lipinski definition) is 1. The van der Waals surface area contributed by atoms with Crippen molar-refractivity contribution < 1.29 is 14.7 Å². The Balaban J connectivity index is 2.79. The Morgan fingerprint density at radius 3 is 2.16 bits per heavy atom. The zero-order chi connectivity index (χ0) is 23.5. The van der Waals surface area contributed by atoms with Crippen LogP contribution >= 0.6 is 0 Å². The monoisotopic (exact) mass is 420 g/mol. The Hall–Kier alpha value is -3.91. The van der Waals surface area contributed by atoms with Crippen LogP contribution in [0.3, 0.4) is 0 Å². The molecule has 1 aromatic rings. The number of nitrogens with zero attached hydrogens (tertiary/aromatic N) is 4. The molecule has 0 spiro atoms. The molecule has 2 heterocycles. The van der Waals surface area contributed by atoms with Gasteiger partial charge < -0.3 is 5.11 Å². The maximum atomic E-state index is 13.0. The molecule has 0 saturated heterocycles. The second-order valence-corrected chi connectivity index (χ2v) is 6.95. The first-order valence-corrected chi connectivity index (χ1v) is 9.95. The van der Waals surface area contributed by atoms with Crippen molar-refractivity contribution in [1.29, 1.82) is 10.5 Å². The summed E-state index contributed by atoms with van der Waals surface area (Å²) in [6, 6.07) is 3.77. The lowest BCUT2D eigenvalue weighted by Gasteiger charge is -2.27. The normalized spacial score (nSPS) is 16.0. The summed E-state index contributed by atoms with van der Waals surface area (Å²) in [5.41, 5.74) is 1.04. The van der Waals surface area contributed by atoms with E-state index in [1.165, 1.54) is 0 Å². The third-order valence-corrected chi connectivity index (χ3v) is 5.41. The maximum absolute atomic E-state index is 13.0. The zero-order valence-electron chi connectivity index (χ0n) is 18.2. The van der Waals surface area contributed by atoms with Gasteiger partial charge >= 0.3 is 0 Å². The largest absolute Gasteiger partial charge is 0.494 e. The summed E-state index contributed by atoms with van der Waals surface area (Å²) in [6.07, 6.45) is 3.57. The molecule has 0 unspecified atom stereocenters. The van der Waals surface area contributed by atoms with Crippen molar-refractivity contribution in [1.82, 2.24) is 9.47 Å². The summed E-state index contributed by atoms with van der Waals surface area (Å²) >= 11 is 0. The SMILES string of the molecule is CCC(C=Cc1c(C)c(C#N)c(=O)n(CC)c1O)=C1C(=O)N(CC)C(=O)C(C#N)=C1C. The quantitative estimate of drug-likeness (QED) is 0.576. The van der Waals surface area contributed by atoms with Crippen LogP contribution in [0.4, 0.5) is 0 Å². The second-order valence-electron chi connectivity index (χ2n) is 6.95. The number of allylic oxidation sites excluding steroid dienone is 2. The predicted molar refractivity (Wildman–Crippen MR) is 115 cm³/mol. The van der Waals surface area contributed by atoms with Gasteiger partial charge in [0.1, 0.15) is 23.3 Å². The molecule has 1 aromatic heterocycles. The highest BCUT2D eigenvalue weighted by molar-refractivity contribution is 6.18. The molecule has 160 valence electrons. The summed E-state index contributed by atoms with van der Waals surface area (Å²) in [6.45, 7) is 8.61. The van der Waals surface area contributed by atoms with Gasteiger partial charge in [0.25, 0.3) is 17.4 Å². The van der Waals surface area contributed by atoms with Crippen LogP contribution in [0.25, 0.3) is 6.08 Å². The van der Waals surface area contributed by atoms with Crippen molar-refractivity contribution in [3.63, 3.8) is 0 Å². The number of carbonyl (C=O) groups excluding carboxylic acids is 2. The molecule has 8 nitrogen and oxygen atoms in total. The molecule has 1 N–H and O–H groups in total. The standard InChI is InChI=1S/C23H24N4O4/c1-6-15(19-14(5)18(12-25)22(30)27(8-3)23(19)31)9-10-16-13(4)17(11-24)21(29)26(7-2)20(16)28/h9-10,28H,6-8H2,1-5H3. The molecule has 31 heavy (non-hydrogen) atoms. The van der Waals surface area contributed by atoms with Gasteiger partial charge in [0.15, 0.2) is 0 Å². The second kappa shape index (κ2) is 9.27. The highest BCUT2D eigenvalue weighted by atomic mass is 16.3. The van der Waals surface area contributed by atoms with E-state index in [0.717, 1.165) is 9.47 Å². The summed E-state index contributed by atoms with van der Waals surface area (Å²) < 4.78 is 1.10. The van der Waals surface area contributed by atoms with Gasteiger partial charge in [0.05, 0.1) is 0 Å². The minimum absolute atomic E-state index is 0.0654. The number of hydrogen-bond acceptors (Lipinski definition) is 6. The van der Waals surface area contributed by atoms with Gasteiger partial charge in [0, 0.05) is 24.2 Å². The molecule has 1 aliphatic heterocycles. The third kappa shape index (κ3) is 3.80. The fraction of sp³-hybridized carbons (Fsp3) is 0.348. The summed E-state index contributed by atoms with van der Waals surface area (Å²) in [4.78, 5) is 38.7. The number of carbonyl (C=O) groups is 2. The number of pyridine rings is 1. The summed E-state index contributed by atoms with van der Waals surface area (Å²) in [5, 5.41) is 29.4. The number of aromatic hydroxyl groups is 1. The van der Waals surface area contributed by atoms with E-state index in [2.05, 4.69) is 0 Å². The van der Waals surface area contributed by atoms with Crippen LogP contribution in [0.5, 0.6) is 5.88 Å². The number of aromatic nitrogens is 1. The number of likely N-dealkylation sites (N-methyl/N-ethyl adjacent to an activating group) is 1. The minimum Gasteiger partial charge on any atom is -0.494 e. The summed E-state index contributed by atoms with van der Waals surface area (Å²) in [5.74, 6) is -1.37. The van der Waals surface area contributed by atoms with Crippen LogP contribution in [0.2, 0.25) is 0 Å². The average molecular weight is 420 g/mol. The van der Waals surface area contributed by atoms with E-state index < -0.39 is 17.4 Å². The van der Waals surface area contributed by atoms with Gasteiger partial charge in [-0.1, -0.05) is 13.0 Å². The van der Waals surface area contributed by atoms with Crippen molar-refractivity contribution in [3.8, 4) is 18.0 Å². The van der Waals surface area contributed by atoms with Gasteiger partial charge in [-0.15, -0.1) is 0 Å². The van der Waals surface area contributed by atoms with E-state index in [1.54, 1.807) is 39.8 Å². The van der Waals surface area contributed by atoms with Crippen LogP contribution in [-0.2, 0) is 16.1 Å². The average Bonchev–Trinajstić information content (AvgIpc) is 2.73. The van der Waals surface area contributed by atoms with Crippen LogP contribution < -0.4 is 5.56 Å².